The molecule has 5 nitrogen and oxygen atoms in total. The minimum Gasteiger partial charge on any atom is -0.368 e. The first-order valence-electron chi connectivity index (χ1n) is 6.93. The lowest BCUT2D eigenvalue weighted by molar-refractivity contribution is -0.136. The van der Waals surface area contributed by atoms with E-state index in [0.29, 0.717) is 12.5 Å². The molecule has 5 heteroatoms. The maximum absolute atomic E-state index is 11.8. The van der Waals surface area contributed by atoms with Gasteiger partial charge < -0.3 is 15.4 Å². The van der Waals surface area contributed by atoms with Crippen LogP contribution < -0.4 is 10.6 Å². The molecule has 0 aliphatic heterocycles. The zero-order valence-electron chi connectivity index (χ0n) is 12.6. The Kier molecular flexibility index (Phi) is 5.35. The number of carbonyl (C=O) groups excluding carboxylic acids is 2. The van der Waals surface area contributed by atoms with E-state index in [0.717, 1.165) is 0 Å². The molecule has 2 amide bonds. The summed E-state index contributed by atoms with van der Waals surface area (Å²) in [5.74, 6) is 0.198. The second kappa shape index (κ2) is 6.37. The second-order valence-corrected chi connectivity index (χ2v) is 6.39. The van der Waals surface area contributed by atoms with Crippen molar-refractivity contribution in [2.24, 2.45) is 5.92 Å². The molecule has 1 saturated carbocycles. The van der Waals surface area contributed by atoms with Crippen LogP contribution in [-0.2, 0) is 14.3 Å². The lowest BCUT2D eigenvalue weighted by Crippen LogP contribution is -2.52. The third-order valence-corrected chi connectivity index (χ3v) is 2.90. The van der Waals surface area contributed by atoms with Crippen molar-refractivity contribution in [3.05, 3.63) is 0 Å². The second-order valence-electron chi connectivity index (χ2n) is 6.39. The van der Waals surface area contributed by atoms with E-state index in [1.54, 1.807) is 13.8 Å². The molecule has 110 valence electrons. The molecule has 1 fully saturated rings. The number of carbonyl (C=O) groups is 2. The average Bonchev–Trinajstić information content (AvgIpc) is 3.06. The van der Waals surface area contributed by atoms with Gasteiger partial charge in [0.1, 0.15) is 12.1 Å². The highest BCUT2D eigenvalue weighted by Crippen LogP contribution is 2.29. The zero-order chi connectivity index (χ0) is 14.6. The summed E-state index contributed by atoms with van der Waals surface area (Å²) in [7, 11) is 0. The van der Waals surface area contributed by atoms with Gasteiger partial charge in [-0.25, -0.2) is 0 Å². The Morgan fingerprint density at radius 2 is 1.79 bits per heavy atom. The van der Waals surface area contributed by atoms with E-state index in [1.165, 1.54) is 12.8 Å². The fraction of sp³-hybridized carbons (Fsp3) is 0.857. The predicted octanol–water partition coefficient (Wildman–Crippen LogP) is 1.22. The van der Waals surface area contributed by atoms with Crippen molar-refractivity contribution < 1.29 is 14.3 Å². The van der Waals surface area contributed by atoms with E-state index in [9.17, 15) is 9.59 Å². The average molecular weight is 270 g/mol. The van der Waals surface area contributed by atoms with Crippen molar-refractivity contribution in [1.29, 1.82) is 0 Å². The van der Waals surface area contributed by atoms with Crippen molar-refractivity contribution in [2.45, 2.75) is 65.1 Å². The molecule has 0 heterocycles. The Balaban J connectivity index is 2.30. The monoisotopic (exact) mass is 270 g/mol. The van der Waals surface area contributed by atoms with Gasteiger partial charge in [0.15, 0.2) is 0 Å². The molecule has 0 saturated heterocycles. The van der Waals surface area contributed by atoms with Crippen LogP contribution in [0, 0.1) is 5.92 Å². The van der Waals surface area contributed by atoms with Gasteiger partial charge in [0, 0.05) is 5.54 Å². The number of amides is 2. The summed E-state index contributed by atoms with van der Waals surface area (Å²) in [5.41, 5.74) is -0.301. The van der Waals surface area contributed by atoms with Gasteiger partial charge >= 0.3 is 0 Å². The molecule has 0 bridgehead atoms. The van der Waals surface area contributed by atoms with Crippen LogP contribution in [0.4, 0.5) is 0 Å². The maximum atomic E-state index is 11.8. The van der Waals surface area contributed by atoms with Gasteiger partial charge in [0.2, 0.25) is 11.8 Å². The number of hydrogen-bond acceptors (Lipinski definition) is 3. The summed E-state index contributed by atoms with van der Waals surface area (Å²) >= 11 is 0. The smallest absolute Gasteiger partial charge is 0.249 e. The molecule has 19 heavy (non-hydrogen) atoms. The lowest BCUT2D eigenvalue weighted by atomic mass is 10.1. The molecule has 2 unspecified atom stereocenters. The Hall–Kier alpha value is -1.10. The van der Waals surface area contributed by atoms with E-state index < -0.39 is 12.1 Å². The Bertz CT molecular complexity index is 332. The van der Waals surface area contributed by atoms with Gasteiger partial charge in [0.25, 0.3) is 0 Å². The van der Waals surface area contributed by atoms with Crippen molar-refractivity contribution in [1.82, 2.24) is 10.6 Å². The Labute approximate surface area is 115 Å². The highest BCUT2D eigenvalue weighted by atomic mass is 16.5. The summed E-state index contributed by atoms with van der Waals surface area (Å²) in [5, 5.41) is 5.50. The minimum atomic E-state index is -0.557. The molecule has 2 N–H and O–H groups in total. The van der Waals surface area contributed by atoms with Crippen LogP contribution in [0.5, 0.6) is 0 Å². The van der Waals surface area contributed by atoms with E-state index in [2.05, 4.69) is 10.6 Å². The Morgan fingerprint density at radius 3 is 2.26 bits per heavy atom. The van der Waals surface area contributed by atoms with Crippen LogP contribution in [0.25, 0.3) is 0 Å². The number of rotatable bonds is 6. The molecule has 0 aromatic carbocycles. The van der Waals surface area contributed by atoms with Gasteiger partial charge in [0.05, 0.1) is 6.61 Å². The number of ether oxygens (including phenoxy) is 1. The number of nitrogens with one attached hydrogen (secondary N) is 2. The van der Waals surface area contributed by atoms with Gasteiger partial charge in [-0.2, -0.15) is 0 Å². The summed E-state index contributed by atoms with van der Waals surface area (Å²) in [6.07, 6.45) is 1.88. The standard InChI is InChI=1S/C14H26N2O3/c1-9(12(17)16-14(3,4)5)15-13(18)10(2)19-8-11-6-7-11/h9-11H,6-8H2,1-5H3,(H,15,18)(H,16,17). The molecule has 0 radical (unpaired) electrons. The van der Waals surface area contributed by atoms with Crippen molar-refractivity contribution in [2.75, 3.05) is 6.61 Å². The van der Waals surface area contributed by atoms with Crippen LogP contribution >= 0.6 is 0 Å². The highest BCUT2D eigenvalue weighted by molar-refractivity contribution is 5.89. The fourth-order valence-electron chi connectivity index (χ4n) is 1.51. The van der Waals surface area contributed by atoms with Crippen LogP contribution in [0.1, 0.15) is 47.5 Å². The maximum Gasteiger partial charge on any atom is 0.249 e. The van der Waals surface area contributed by atoms with Crippen LogP contribution in [0.2, 0.25) is 0 Å². The third kappa shape index (κ3) is 6.57. The van der Waals surface area contributed by atoms with E-state index in [4.69, 9.17) is 4.74 Å². The molecule has 0 spiro atoms. The zero-order valence-corrected chi connectivity index (χ0v) is 12.6. The molecule has 1 rings (SSSR count). The third-order valence-electron chi connectivity index (χ3n) is 2.90. The highest BCUT2D eigenvalue weighted by Gasteiger charge is 2.26. The molecular formula is C14H26N2O3. The SMILES string of the molecule is CC(NC(=O)C(C)OCC1CC1)C(=O)NC(C)(C)C. The van der Waals surface area contributed by atoms with Crippen molar-refractivity contribution in [3.8, 4) is 0 Å². The molecule has 0 aromatic rings. The summed E-state index contributed by atoms with van der Waals surface area (Å²) < 4.78 is 5.47. The quantitative estimate of drug-likeness (QED) is 0.762. The van der Waals surface area contributed by atoms with E-state index in [-0.39, 0.29) is 17.4 Å². The first kappa shape index (κ1) is 16.0. The fourth-order valence-corrected chi connectivity index (χ4v) is 1.51. The first-order chi connectivity index (χ1) is 8.69. The van der Waals surface area contributed by atoms with Crippen molar-refractivity contribution in [3.63, 3.8) is 0 Å². The molecule has 2 atom stereocenters. The first-order valence-corrected chi connectivity index (χ1v) is 6.93. The number of hydrogen-bond donors (Lipinski definition) is 2. The van der Waals surface area contributed by atoms with E-state index in [1.807, 2.05) is 20.8 Å². The molecule has 0 aromatic heterocycles. The van der Waals surface area contributed by atoms with Crippen LogP contribution in [0.3, 0.4) is 0 Å². The Morgan fingerprint density at radius 1 is 1.21 bits per heavy atom. The largest absolute Gasteiger partial charge is 0.368 e. The summed E-state index contributed by atoms with van der Waals surface area (Å²) in [6, 6.07) is -0.557. The molecule has 1 aliphatic carbocycles. The lowest BCUT2D eigenvalue weighted by Gasteiger charge is -2.24. The molecule has 1 aliphatic rings. The van der Waals surface area contributed by atoms with Gasteiger partial charge in [-0.1, -0.05) is 0 Å². The summed E-state index contributed by atoms with van der Waals surface area (Å²) in [6.45, 7) is 9.73. The van der Waals surface area contributed by atoms with Crippen LogP contribution in [-0.4, -0.2) is 36.1 Å². The van der Waals surface area contributed by atoms with Gasteiger partial charge in [-0.15, -0.1) is 0 Å². The van der Waals surface area contributed by atoms with Crippen molar-refractivity contribution >= 4 is 11.8 Å². The molecular weight excluding hydrogens is 244 g/mol. The summed E-state index contributed by atoms with van der Waals surface area (Å²) in [4.78, 5) is 23.7. The van der Waals surface area contributed by atoms with E-state index >= 15 is 0 Å². The topological polar surface area (TPSA) is 67.4 Å². The minimum absolute atomic E-state index is 0.185. The van der Waals surface area contributed by atoms with Gasteiger partial charge in [-0.05, 0) is 53.4 Å². The van der Waals surface area contributed by atoms with Gasteiger partial charge in [-0.3, -0.25) is 9.59 Å². The van der Waals surface area contributed by atoms with Crippen LogP contribution in [0.15, 0.2) is 0 Å². The predicted molar refractivity (Wildman–Crippen MR) is 73.6 cm³/mol. The normalized spacial score (nSPS) is 18.6.